The average molecular weight is 502 g/mol. The summed E-state index contributed by atoms with van der Waals surface area (Å²) in [6, 6.07) is 2.74. The van der Waals surface area contributed by atoms with E-state index >= 15 is 0 Å². The van der Waals surface area contributed by atoms with Gasteiger partial charge in [-0.25, -0.2) is 22.8 Å². The van der Waals surface area contributed by atoms with Gasteiger partial charge in [0.2, 0.25) is 10.0 Å². The molecule has 0 aliphatic heterocycles. The highest BCUT2D eigenvalue weighted by Crippen LogP contribution is 2.35. The molecule has 2 aromatic heterocycles. The van der Waals surface area contributed by atoms with Crippen molar-refractivity contribution in [2.45, 2.75) is 25.3 Å². The Labute approximate surface area is 191 Å². The van der Waals surface area contributed by atoms with Crippen LogP contribution in [0.5, 0.6) is 0 Å². The van der Waals surface area contributed by atoms with E-state index in [0.29, 0.717) is 22.1 Å². The third kappa shape index (κ3) is 4.92. The number of aromatic nitrogens is 2. The molecule has 8 nitrogen and oxygen atoms in total. The van der Waals surface area contributed by atoms with Crippen molar-refractivity contribution < 1.29 is 22.0 Å². The molecule has 0 saturated heterocycles. The summed E-state index contributed by atoms with van der Waals surface area (Å²) in [5, 5.41) is 7.15. The third-order valence-electron chi connectivity index (χ3n) is 4.66. The molecule has 3 N–H and O–H groups in total. The third-order valence-corrected chi connectivity index (χ3v) is 7.31. The number of hydrogen-bond acceptors (Lipinski definition) is 7. The molecule has 1 aromatic carbocycles. The first-order chi connectivity index (χ1) is 15.3. The smallest absolute Gasteiger partial charge is 0.258 e. The van der Waals surface area contributed by atoms with Crippen LogP contribution >= 0.6 is 22.9 Å². The van der Waals surface area contributed by atoms with Crippen LogP contribution in [0.2, 0.25) is 5.02 Å². The number of thiophene rings is 1. The molecular formula is C19H18ClF2N5O3S2. The largest absolute Gasteiger partial charge is 0.366 e. The van der Waals surface area contributed by atoms with E-state index in [1.165, 1.54) is 23.7 Å². The molecule has 0 spiro atoms. The van der Waals surface area contributed by atoms with Gasteiger partial charge in [0.1, 0.15) is 12.1 Å². The number of alkyl halides is 1. The standard InChI is InChI=1S/C19H18ClF2N5O3S2/c20-12-4-5-13(27-32(29,30)7-1-6-21)14(22)16(12)26-19(28)11-8-31-17-15(11)23-9-24-18(17)25-10-2-3-10/h4-5,8-10,27H,1-3,6-7H2,(H,26,28)(H,23,24,25). The van der Waals surface area contributed by atoms with Crippen molar-refractivity contribution in [3.63, 3.8) is 0 Å². The fourth-order valence-electron chi connectivity index (χ4n) is 2.93. The molecule has 0 radical (unpaired) electrons. The highest BCUT2D eigenvalue weighted by Gasteiger charge is 2.25. The minimum Gasteiger partial charge on any atom is -0.366 e. The van der Waals surface area contributed by atoms with E-state index in [1.54, 1.807) is 5.38 Å². The van der Waals surface area contributed by atoms with Gasteiger partial charge in [0.25, 0.3) is 5.91 Å². The van der Waals surface area contributed by atoms with E-state index in [9.17, 15) is 22.0 Å². The lowest BCUT2D eigenvalue weighted by atomic mass is 10.2. The topological polar surface area (TPSA) is 113 Å². The summed E-state index contributed by atoms with van der Waals surface area (Å²) in [5.41, 5.74) is -0.176. The lowest BCUT2D eigenvalue weighted by Gasteiger charge is -2.13. The van der Waals surface area contributed by atoms with Crippen molar-refractivity contribution in [3.8, 4) is 0 Å². The van der Waals surface area contributed by atoms with E-state index in [4.69, 9.17) is 11.6 Å². The van der Waals surface area contributed by atoms with E-state index in [-0.39, 0.29) is 22.7 Å². The molecule has 1 aliphatic rings. The number of halogens is 3. The molecular weight excluding hydrogens is 484 g/mol. The van der Waals surface area contributed by atoms with E-state index in [0.717, 1.165) is 18.9 Å². The molecule has 1 amide bonds. The maximum Gasteiger partial charge on any atom is 0.258 e. The monoisotopic (exact) mass is 501 g/mol. The number of nitrogens with one attached hydrogen (secondary N) is 3. The number of nitrogens with zero attached hydrogens (tertiary/aromatic N) is 2. The first-order valence-electron chi connectivity index (χ1n) is 9.63. The molecule has 4 rings (SSSR count). The summed E-state index contributed by atoms with van der Waals surface area (Å²) >= 11 is 7.33. The van der Waals surface area contributed by atoms with Gasteiger partial charge in [-0.2, -0.15) is 0 Å². The normalized spacial score (nSPS) is 13.8. The zero-order valence-electron chi connectivity index (χ0n) is 16.5. The molecule has 0 atom stereocenters. The van der Waals surface area contributed by atoms with Gasteiger partial charge in [0.15, 0.2) is 5.82 Å². The van der Waals surface area contributed by atoms with E-state index in [2.05, 4.69) is 25.3 Å². The minimum atomic E-state index is -3.97. The second-order valence-electron chi connectivity index (χ2n) is 7.17. The van der Waals surface area contributed by atoms with Gasteiger partial charge in [-0.3, -0.25) is 13.9 Å². The molecule has 1 aliphatic carbocycles. The molecule has 3 aromatic rings. The van der Waals surface area contributed by atoms with Gasteiger partial charge in [0.05, 0.1) is 44.6 Å². The van der Waals surface area contributed by atoms with Gasteiger partial charge >= 0.3 is 0 Å². The van der Waals surface area contributed by atoms with Crippen LogP contribution in [0, 0.1) is 5.82 Å². The SMILES string of the molecule is O=C(Nc1c(Cl)ccc(NS(=O)(=O)CCCF)c1F)c1csc2c(NC3CC3)ncnc12. The number of carbonyl (C=O) groups excluding carboxylic acids is 1. The van der Waals surface area contributed by atoms with Crippen LogP contribution in [0.3, 0.4) is 0 Å². The molecule has 0 bridgehead atoms. The Bertz CT molecular complexity index is 1280. The van der Waals surface area contributed by atoms with Crippen LogP contribution in [-0.2, 0) is 10.0 Å². The molecule has 2 heterocycles. The molecule has 1 fully saturated rings. The second kappa shape index (κ2) is 9.12. The van der Waals surface area contributed by atoms with Crippen LogP contribution in [0.15, 0.2) is 23.8 Å². The minimum absolute atomic E-state index is 0.118. The maximum absolute atomic E-state index is 15.0. The predicted molar refractivity (Wildman–Crippen MR) is 121 cm³/mol. The lowest BCUT2D eigenvalue weighted by molar-refractivity contribution is 0.102. The van der Waals surface area contributed by atoms with Crippen molar-refractivity contribution in [1.29, 1.82) is 0 Å². The van der Waals surface area contributed by atoms with Crippen molar-refractivity contribution in [1.82, 2.24) is 9.97 Å². The summed E-state index contributed by atoms with van der Waals surface area (Å²) in [6.45, 7) is -0.818. The van der Waals surface area contributed by atoms with Crippen molar-refractivity contribution in [2.75, 3.05) is 27.8 Å². The molecule has 32 heavy (non-hydrogen) atoms. The number of carbonyl (C=O) groups is 1. The van der Waals surface area contributed by atoms with Crippen LogP contribution in [0.4, 0.5) is 26.0 Å². The number of anilines is 3. The fraction of sp³-hybridized carbons (Fsp3) is 0.316. The number of sulfonamides is 1. The lowest BCUT2D eigenvalue weighted by Crippen LogP contribution is -2.19. The van der Waals surface area contributed by atoms with Crippen LogP contribution in [0.1, 0.15) is 29.6 Å². The molecule has 13 heteroatoms. The van der Waals surface area contributed by atoms with Gasteiger partial charge in [-0.05, 0) is 31.4 Å². The number of rotatable bonds is 9. The Balaban J connectivity index is 1.59. The van der Waals surface area contributed by atoms with Crippen LogP contribution < -0.4 is 15.4 Å². The molecule has 1 saturated carbocycles. The second-order valence-corrected chi connectivity index (χ2v) is 10.3. The number of hydrogen-bond donors (Lipinski definition) is 3. The maximum atomic E-state index is 15.0. The van der Waals surface area contributed by atoms with Gasteiger partial charge in [0, 0.05) is 11.4 Å². The van der Waals surface area contributed by atoms with E-state index in [1.807, 2.05) is 0 Å². The fourth-order valence-corrected chi connectivity index (χ4v) is 5.15. The first-order valence-corrected chi connectivity index (χ1v) is 12.5. The van der Waals surface area contributed by atoms with E-state index < -0.39 is 39.9 Å². The highest BCUT2D eigenvalue weighted by molar-refractivity contribution is 7.92. The number of fused-ring (bicyclic) bond motifs is 1. The Morgan fingerprint density at radius 2 is 2.06 bits per heavy atom. The van der Waals surface area contributed by atoms with Crippen LogP contribution in [-0.4, -0.2) is 42.8 Å². The average Bonchev–Trinajstić information content (AvgIpc) is 3.46. The summed E-state index contributed by atoms with van der Waals surface area (Å²) < 4.78 is 54.0. The Morgan fingerprint density at radius 3 is 2.78 bits per heavy atom. The predicted octanol–water partition coefficient (Wildman–Crippen LogP) is 4.41. The van der Waals surface area contributed by atoms with Gasteiger partial charge in [-0.15, -0.1) is 11.3 Å². The van der Waals surface area contributed by atoms with Gasteiger partial charge in [-0.1, -0.05) is 11.6 Å². The zero-order valence-corrected chi connectivity index (χ0v) is 18.9. The summed E-state index contributed by atoms with van der Waals surface area (Å²) in [7, 11) is -3.97. The van der Waals surface area contributed by atoms with Crippen molar-refractivity contribution in [3.05, 3.63) is 40.2 Å². The number of benzene rings is 1. The summed E-state index contributed by atoms with van der Waals surface area (Å²) in [5.74, 6) is -1.59. The quantitative estimate of drug-likeness (QED) is 0.400. The Kier molecular flexibility index (Phi) is 6.45. The summed E-state index contributed by atoms with van der Waals surface area (Å²) in [6.07, 6.45) is 3.22. The highest BCUT2D eigenvalue weighted by atomic mass is 35.5. The molecule has 0 unspecified atom stereocenters. The summed E-state index contributed by atoms with van der Waals surface area (Å²) in [4.78, 5) is 21.3. The van der Waals surface area contributed by atoms with Gasteiger partial charge < -0.3 is 10.6 Å². The number of amides is 1. The van der Waals surface area contributed by atoms with Crippen molar-refractivity contribution >= 4 is 66.3 Å². The Hall–Kier alpha value is -2.57. The van der Waals surface area contributed by atoms with Crippen LogP contribution in [0.25, 0.3) is 10.2 Å². The molecule has 170 valence electrons. The Morgan fingerprint density at radius 1 is 1.28 bits per heavy atom. The zero-order chi connectivity index (χ0) is 22.9. The van der Waals surface area contributed by atoms with Crippen molar-refractivity contribution in [2.24, 2.45) is 0 Å². The first kappa shape index (κ1) is 22.6.